The van der Waals surface area contributed by atoms with Crippen molar-refractivity contribution >= 4 is 17.5 Å². The zero-order valence-corrected chi connectivity index (χ0v) is 15.1. The second kappa shape index (κ2) is 6.74. The molecule has 0 saturated carbocycles. The summed E-state index contributed by atoms with van der Waals surface area (Å²) in [5.74, 6) is 1.78. The van der Waals surface area contributed by atoms with Crippen molar-refractivity contribution < 1.29 is 4.79 Å². The molecule has 0 unspecified atom stereocenters. The Balaban J connectivity index is 1.44. The number of benzene rings is 1. The highest BCUT2D eigenvalue weighted by atomic mass is 16.2. The van der Waals surface area contributed by atoms with Gasteiger partial charge in [-0.15, -0.1) is 0 Å². The standard InChI is InChI=1S/C19H22N6O/c1-14-5-3-4-6-16(14)12-18(26)24-9-7-23(8-10-24)17-11-15(2)22-19-20-13-21-25(17)19/h3-6,11,13H,7-10,12H2,1-2H3. The first-order valence-corrected chi connectivity index (χ1v) is 8.86. The van der Waals surface area contributed by atoms with Gasteiger partial charge in [-0.1, -0.05) is 24.3 Å². The molecule has 1 aliphatic heterocycles. The van der Waals surface area contributed by atoms with Crippen LogP contribution in [0.25, 0.3) is 5.78 Å². The summed E-state index contributed by atoms with van der Waals surface area (Å²) >= 11 is 0. The molecular weight excluding hydrogens is 328 g/mol. The highest BCUT2D eigenvalue weighted by Gasteiger charge is 2.23. The van der Waals surface area contributed by atoms with Crippen molar-refractivity contribution in [2.75, 3.05) is 31.1 Å². The fourth-order valence-corrected chi connectivity index (χ4v) is 3.40. The third-order valence-electron chi connectivity index (χ3n) is 4.92. The molecule has 2 aromatic heterocycles. The molecule has 4 rings (SSSR count). The van der Waals surface area contributed by atoms with Crippen LogP contribution in [0.3, 0.4) is 0 Å². The predicted molar refractivity (Wildman–Crippen MR) is 99.2 cm³/mol. The zero-order chi connectivity index (χ0) is 18.1. The number of anilines is 1. The summed E-state index contributed by atoms with van der Waals surface area (Å²) in [6.45, 7) is 6.98. The SMILES string of the molecule is Cc1cc(N2CCN(C(=O)Cc3ccccc3C)CC2)n2ncnc2n1. The Morgan fingerprint density at radius 3 is 2.65 bits per heavy atom. The largest absolute Gasteiger partial charge is 0.353 e. The van der Waals surface area contributed by atoms with Gasteiger partial charge in [0, 0.05) is 37.9 Å². The van der Waals surface area contributed by atoms with E-state index in [1.54, 1.807) is 4.52 Å². The molecule has 1 aliphatic rings. The molecule has 0 bridgehead atoms. The van der Waals surface area contributed by atoms with Gasteiger partial charge in [0.15, 0.2) is 0 Å². The molecular formula is C19H22N6O. The first-order valence-electron chi connectivity index (χ1n) is 8.86. The van der Waals surface area contributed by atoms with Crippen LogP contribution in [0.15, 0.2) is 36.7 Å². The lowest BCUT2D eigenvalue weighted by atomic mass is 10.1. The van der Waals surface area contributed by atoms with Crippen molar-refractivity contribution in [3.63, 3.8) is 0 Å². The monoisotopic (exact) mass is 350 g/mol. The number of amides is 1. The van der Waals surface area contributed by atoms with Gasteiger partial charge in [-0.3, -0.25) is 4.79 Å². The Labute approximate surface area is 152 Å². The minimum atomic E-state index is 0.191. The fourth-order valence-electron chi connectivity index (χ4n) is 3.40. The van der Waals surface area contributed by atoms with E-state index in [4.69, 9.17) is 0 Å². The molecule has 0 atom stereocenters. The molecule has 1 amide bonds. The van der Waals surface area contributed by atoms with Gasteiger partial charge in [0.1, 0.15) is 12.1 Å². The molecule has 0 aliphatic carbocycles. The van der Waals surface area contributed by atoms with Gasteiger partial charge in [-0.25, -0.2) is 4.98 Å². The Kier molecular flexibility index (Phi) is 4.28. The van der Waals surface area contributed by atoms with Crippen molar-refractivity contribution in [2.45, 2.75) is 20.3 Å². The van der Waals surface area contributed by atoms with E-state index in [2.05, 4.69) is 33.0 Å². The number of carbonyl (C=O) groups is 1. The predicted octanol–water partition coefficient (Wildman–Crippen LogP) is 1.63. The molecule has 0 N–H and O–H groups in total. The minimum absolute atomic E-state index is 0.191. The lowest BCUT2D eigenvalue weighted by Gasteiger charge is -2.36. The van der Waals surface area contributed by atoms with Crippen LogP contribution in [0.4, 0.5) is 5.82 Å². The number of fused-ring (bicyclic) bond motifs is 1. The molecule has 7 nitrogen and oxygen atoms in total. The zero-order valence-electron chi connectivity index (χ0n) is 15.1. The van der Waals surface area contributed by atoms with Crippen LogP contribution in [0.1, 0.15) is 16.8 Å². The van der Waals surface area contributed by atoms with Gasteiger partial charge in [0.2, 0.25) is 5.91 Å². The van der Waals surface area contributed by atoms with Crippen LogP contribution in [0.2, 0.25) is 0 Å². The summed E-state index contributed by atoms with van der Waals surface area (Å²) in [6, 6.07) is 10.1. The first kappa shape index (κ1) is 16.5. The normalized spacial score (nSPS) is 14.8. The van der Waals surface area contributed by atoms with E-state index >= 15 is 0 Å². The van der Waals surface area contributed by atoms with Gasteiger partial charge in [0.05, 0.1) is 6.42 Å². The van der Waals surface area contributed by atoms with E-state index < -0.39 is 0 Å². The number of rotatable bonds is 3. The number of hydrogen-bond acceptors (Lipinski definition) is 5. The Morgan fingerprint density at radius 2 is 1.88 bits per heavy atom. The number of aromatic nitrogens is 4. The van der Waals surface area contributed by atoms with Gasteiger partial charge >= 0.3 is 0 Å². The Bertz CT molecular complexity index is 942. The highest BCUT2D eigenvalue weighted by Crippen LogP contribution is 2.18. The molecule has 1 aromatic carbocycles. The van der Waals surface area contributed by atoms with Crippen molar-refractivity contribution in [3.05, 3.63) is 53.5 Å². The van der Waals surface area contributed by atoms with Crippen molar-refractivity contribution in [3.8, 4) is 0 Å². The molecule has 3 heterocycles. The quantitative estimate of drug-likeness (QED) is 0.718. The van der Waals surface area contributed by atoms with E-state index in [-0.39, 0.29) is 5.91 Å². The van der Waals surface area contributed by atoms with Crippen LogP contribution in [-0.4, -0.2) is 56.6 Å². The molecule has 134 valence electrons. The number of carbonyl (C=O) groups excluding carboxylic acids is 1. The molecule has 3 aromatic rings. The van der Waals surface area contributed by atoms with E-state index in [1.807, 2.05) is 36.1 Å². The maximum Gasteiger partial charge on any atom is 0.254 e. The van der Waals surface area contributed by atoms with Crippen molar-refractivity contribution in [2.24, 2.45) is 0 Å². The van der Waals surface area contributed by atoms with Gasteiger partial charge < -0.3 is 9.80 Å². The minimum Gasteiger partial charge on any atom is -0.353 e. The van der Waals surface area contributed by atoms with Gasteiger partial charge in [-0.05, 0) is 25.0 Å². The summed E-state index contributed by atoms with van der Waals surface area (Å²) in [7, 11) is 0. The van der Waals surface area contributed by atoms with Crippen LogP contribution in [0.5, 0.6) is 0 Å². The number of piperazine rings is 1. The fraction of sp³-hybridized carbons (Fsp3) is 0.368. The van der Waals surface area contributed by atoms with E-state index in [1.165, 1.54) is 11.9 Å². The molecule has 0 spiro atoms. The number of aryl methyl sites for hydroxylation is 2. The maximum atomic E-state index is 12.7. The Hall–Kier alpha value is -2.96. The van der Waals surface area contributed by atoms with Crippen LogP contribution in [-0.2, 0) is 11.2 Å². The van der Waals surface area contributed by atoms with Crippen LogP contribution in [0, 0.1) is 13.8 Å². The molecule has 26 heavy (non-hydrogen) atoms. The topological polar surface area (TPSA) is 66.6 Å². The van der Waals surface area contributed by atoms with Crippen LogP contribution >= 0.6 is 0 Å². The van der Waals surface area contributed by atoms with E-state index in [0.717, 1.165) is 30.2 Å². The van der Waals surface area contributed by atoms with Gasteiger partial charge in [0.25, 0.3) is 5.78 Å². The summed E-state index contributed by atoms with van der Waals surface area (Å²) in [6.07, 6.45) is 1.99. The van der Waals surface area contributed by atoms with E-state index in [0.29, 0.717) is 25.3 Å². The average Bonchev–Trinajstić information content (AvgIpc) is 3.11. The smallest absolute Gasteiger partial charge is 0.254 e. The number of hydrogen-bond donors (Lipinski definition) is 0. The summed E-state index contributed by atoms with van der Waals surface area (Å²) in [5, 5.41) is 4.28. The molecule has 1 saturated heterocycles. The third kappa shape index (κ3) is 3.12. The lowest BCUT2D eigenvalue weighted by molar-refractivity contribution is -0.130. The lowest BCUT2D eigenvalue weighted by Crippen LogP contribution is -2.49. The molecule has 1 fully saturated rings. The van der Waals surface area contributed by atoms with E-state index in [9.17, 15) is 4.79 Å². The van der Waals surface area contributed by atoms with Gasteiger partial charge in [-0.2, -0.15) is 14.6 Å². The molecule has 7 heteroatoms. The molecule has 0 radical (unpaired) electrons. The van der Waals surface area contributed by atoms with Crippen LogP contribution < -0.4 is 4.90 Å². The summed E-state index contributed by atoms with van der Waals surface area (Å²) in [4.78, 5) is 25.4. The third-order valence-corrected chi connectivity index (χ3v) is 4.92. The average molecular weight is 350 g/mol. The number of nitrogens with zero attached hydrogens (tertiary/aromatic N) is 6. The van der Waals surface area contributed by atoms with Crippen molar-refractivity contribution in [1.29, 1.82) is 0 Å². The second-order valence-corrected chi connectivity index (χ2v) is 6.70. The summed E-state index contributed by atoms with van der Waals surface area (Å²) < 4.78 is 1.76. The van der Waals surface area contributed by atoms with Crippen molar-refractivity contribution in [1.82, 2.24) is 24.5 Å². The Morgan fingerprint density at radius 1 is 1.12 bits per heavy atom. The second-order valence-electron chi connectivity index (χ2n) is 6.70. The highest BCUT2D eigenvalue weighted by molar-refractivity contribution is 5.79. The maximum absolute atomic E-state index is 12.7. The first-order chi connectivity index (χ1) is 12.6. The summed E-state index contributed by atoms with van der Waals surface area (Å²) in [5.41, 5.74) is 3.19.